The number of methoxy groups -OCH3 is 1. The molecule has 0 bridgehead atoms. The molecule has 0 amide bonds. The van der Waals surface area contributed by atoms with Gasteiger partial charge >= 0.3 is 0 Å². The maximum atomic E-state index is 10.1. The van der Waals surface area contributed by atoms with Crippen molar-refractivity contribution in [3.63, 3.8) is 0 Å². The number of nitriles is 1. The molecule has 2 N–H and O–H groups in total. The van der Waals surface area contributed by atoms with Crippen molar-refractivity contribution in [2.24, 2.45) is 0 Å². The van der Waals surface area contributed by atoms with Crippen LogP contribution in [0.1, 0.15) is 22.8 Å². The predicted molar refractivity (Wildman–Crippen MR) is 81.8 cm³/mol. The highest BCUT2D eigenvalue weighted by molar-refractivity contribution is 5.46. The van der Waals surface area contributed by atoms with Gasteiger partial charge < -0.3 is 15.2 Å². The van der Waals surface area contributed by atoms with Crippen LogP contribution in [0.3, 0.4) is 0 Å². The third kappa shape index (κ3) is 4.32. The number of nitrogens with zero attached hydrogens (tertiary/aromatic N) is 1. The van der Waals surface area contributed by atoms with Gasteiger partial charge in [0.15, 0.2) is 0 Å². The van der Waals surface area contributed by atoms with Crippen LogP contribution in [0, 0.1) is 11.3 Å². The highest BCUT2D eigenvalue weighted by Crippen LogP contribution is 2.16. The lowest BCUT2D eigenvalue weighted by Gasteiger charge is -2.14. The monoisotopic (exact) mass is 282 g/mol. The van der Waals surface area contributed by atoms with Crippen LogP contribution in [0.15, 0.2) is 48.5 Å². The Morgan fingerprint density at radius 2 is 2.00 bits per heavy atom. The fourth-order valence-electron chi connectivity index (χ4n) is 2.05. The molecule has 1 unspecified atom stereocenters. The van der Waals surface area contributed by atoms with Gasteiger partial charge in [0, 0.05) is 19.3 Å². The molecular formula is C17H18N2O2. The molecule has 4 nitrogen and oxygen atoms in total. The Morgan fingerprint density at radius 3 is 2.67 bits per heavy atom. The van der Waals surface area contributed by atoms with E-state index in [0.29, 0.717) is 18.7 Å². The van der Waals surface area contributed by atoms with E-state index in [9.17, 15) is 5.11 Å². The molecule has 2 aromatic rings. The number of nitrogens with one attached hydrogen (secondary N) is 1. The maximum absolute atomic E-state index is 10.1. The van der Waals surface area contributed by atoms with Gasteiger partial charge in [0.1, 0.15) is 0 Å². The summed E-state index contributed by atoms with van der Waals surface area (Å²) >= 11 is 0. The molecule has 0 fully saturated rings. The first-order valence-electron chi connectivity index (χ1n) is 6.73. The topological polar surface area (TPSA) is 65.3 Å². The van der Waals surface area contributed by atoms with Crippen molar-refractivity contribution in [1.29, 1.82) is 5.26 Å². The second-order valence-corrected chi connectivity index (χ2v) is 4.76. The van der Waals surface area contributed by atoms with Gasteiger partial charge in [-0.25, -0.2) is 0 Å². The fourth-order valence-corrected chi connectivity index (χ4v) is 2.05. The highest BCUT2D eigenvalue weighted by Gasteiger charge is 2.07. The first-order chi connectivity index (χ1) is 10.2. The molecule has 21 heavy (non-hydrogen) atoms. The van der Waals surface area contributed by atoms with Crippen molar-refractivity contribution in [2.75, 3.05) is 19.0 Å². The average molecular weight is 282 g/mol. The molecule has 0 aromatic heterocycles. The van der Waals surface area contributed by atoms with Crippen molar-refractivity contribution >= 4 is 5.69 Å². The molecular weight excluding hydrogens is 264 g/mol. The van der Waals surface area contributed by atoms with E-state index in [0.717, 1.165) is 16.8 Å². The SMILES string of the molecule is COCc1cccc(NCC(O)c2ccc(C#N)cc2)c1. The van der Waals surface area contributed by atoms with Gasteiger partial charge in [-0.3, -0.25) is 0 Å². The number of hydrogen-bond donors (Lipinski definition) is 2. The summed E-state index contributed by atoms with van der Waals surface area (Å²) in [6.07, 6.45) is -0.621. The third-order valence-electron chi connectivity index (χ3n) is 3.16. The Balaban J connectivity index is 1.95. The first kappa shape index (κ1) is 15.0. The van der Waals surface area contributed by atoms with Gasteiger partial charge in [0.25, 0.3) is 0 Å². The molecule has 108 valence electrons. The van der Waals surface area contributed by atoms with E-state index in [1.54, 1.807) is 31.4 Å². The summed E-state index contributed by atoms with van der Waals surface area (Å²) in [6, 6.07) is 16.9. The Kier molecular flexibility index (Phi) is 5.33. The molecule has 4 heteroatoms. The lowest BCUT2D eigenvalue weighted by Crippen LogP contribution is -2.12. The largest absolute Gasteiger partial charge is 0.387 e. The van der Waals surface area contributed by atoms with Crippen molar-refractivity contribution in [3.05, 3.63) is 65.2 Å². The summed E-state index contributed by atoms with van der Waals surface area (Å²) in [4.78, 5) is 0. The number of hydrogen-bond acceptors (Lipinski definition) is 4. The minimum absolute atomic E-state index is 0.405. The first-order valence-corrected chi connectivity index (χ1v) is 6.73. The summed E-state index contributed by atoms with van der Waals surface area (Å²) in [5, 5.41) is 22.1. The zero-order valence-corrected chi connectivity index (χ0v) is 11.9. The van der Waals surface area contributed by atoms with E-state index in [-0.39, 0.29) is 0 Å². The molecule has 0 heterocycles. The van der Waals surface area contributed by atoms with Crippen LogP contribution in [0.5, 0.6) is 0 Å². The van der Waals surface area contributed by atoms with Crippen LogP contribution >= 0.6 is 0 Å². The number of aliphatic hydroxyl groups is 1. The van der Waals surface area contributed by atoms with Gasteiger partial charge in [-0.05, 0) is 35.4 Å². The van der Waals surface area contributed by atoms with Crippen molar-refractivity contribution in [2.45, 2.75) is 12.7 Å². The van der Waals surface area contributed by atoms with Crippen molar-refractivity contribution in [3.8, 4) is 6.07 Å². The quantitative estimate of drug-likeness (QED) is 0.855. The third-order valence-corrected chi connectivity index (χ3v) is 3.16. The van der Waals surface area contributed by atoms with Crippen LogP contribution in [0.4, 0.5) is 5.69 Å². The predicted octanol–water partition coefficient (Wildman–Crippen LogP) is 2.85. The van der Waals surface area contributed by atoms with E-state index in [4.69, 9.17) is 10.00 Å². The lowest BCUT2D eigenvalue weighted by molar-refractivity contribution is 0.185. The zero-order valence-electron chi connectivity index (χ0n) is 11.9. The van der Waals surface area contributed by atoms with Crippen LogP contribution in [0.25, 0.3) is 0 Å². The van der Waals surface area contributed by atoms with Gasteiger partial charge in [-0.2, -0.15) is 5.26 Å². The van der Waals surface area contributed by atoms with E-state index in [1.807, 2.05) is 24.3 Å². The Morgan fingerprint density at radius 1 is 1.24 bits per heavy atom. The van der Waals surface area contributed by atoms with Crippen LogP contribution in [0.2, 0.25) is 0 Å². The lowest BCUT2D eigenvalue weighted by atomic mass is 10.1. The van der Waals surface area contributed by atoms with Gasteiger partial charge in [0.05, 0.1) is 24.3 Å². The molecule has 2 rings (SSSR count). The zero-order chi connectivity index (χ0) is 15.1. The molecule has 0 aliphatic rings. The van der Waals surface area contributed by atoms with Gasteiger partial charge in [0.2, 0.25) is 0 Å². The number of ether oxygens (including phenoxy) is 1. The Labute approximate surface area is 124 Å². The molecule has 0 saturated carbocycles. The van der Waals surface area contributed by atoms with Gasteiger partial charge in [-0.1, -0.05) is 24.3 Å². The number of rotatable bonds is 6. The number of aliphatic hydroxyl groups excluding tert-OH is 1. The summed E-state index contributed by atoms with van der Waals surface area (Å²) < 4.78 is 5.10. The molecule has 0 aliphatic carbocycles. The second kappa shape index (κ2) is 7.44. The molecule has 0 saturated heterocycles. The minimum Gasteiger partial charge on any atom is -0.387 e. The molecule has 0 spiro atoms. The van der Waals surface area contributed by atoms with E-state index in [2.05, 4.69) is 11.4 Å². The standard InChI is InChI=1S/C17H18N2O2/c1-21-12-14-3-2-4-16(9-14)19-11-17(20)15-7-5-13(10-18)6-8-15/h2-9,17,19-20H,11-12H2,1H3. The normalized spacial score (nSPS) is 11.7. The van der Waals surface area contributed by atoms with Crippen LogP contribution in [-0.4, -0.2) is 18.8 Å². The average Bonchev–Trinajstić information content (AvgIpc) is 2.53. The summed E-state index contributed by atoms with van der Waals surface area (Å²) in [7, 11) is 1.66. The molecule has 0 radical (unpaired) electrons. The molecule has 2 aromatic carbocycles. The summed E-state index contributed by atoms with van der Waals surface area (Å²) in [5.41, 5.74) is 3.40. The highest BCUT2D eigenvalue weighted by atomic mass is 16.5. The maximum Gasteiger partial charge on any atom is 0.0991 e. The van der Waals surface area contributed by atoms with Crippen molar-refractivity contribution < 1.29 is 9.84 Å². The Hall–Kier alpha value is -2.35. The molecule has 0 aliphatic heterocycles. The second-order valence-electron chi connectivity index (χ2n) is 4.76. The summed E-state index contributed by atoms with van der Waals surface area (Å²) in [5.74, 6) is 0. The smallest absolute Gasteiger partial charge is 0.0991 e. The Bertz CT molecular complexity index is 617. The van der Waals surface area contributed by atoms with Gasteiger partial charge in [-0.15, -0.1) is 0 Å². The molecule has 1 atom stereocenters. The van der Waals surface area contributed by atoms with Crippen LogP contribution < -0.4 is 5.32 Å². The van der Waals surface area contributed by atoms with E-state index >= 15 is 0 Å². The minimum atomic E-state index is -0.621. The van der Waals surface area contributed by atoms with Crippen molar-refractivity contribution in [1.82, 2.24) is 0 Å². The van der Waals surface area contributed by atoms with Crippen LogP contribution in [-0.2, 0) is 11.3 Å². The number of anilines is 1. The van der Waals surface area contributed by atoms with E-state index < -0.39 is 6.10 Å². The number of benzene rings is 2. The summed E-state index contributed by atoms with van der Waals surface area (Å²) in [6.45, 7) is 0.968. The fraction of sp³-hybridized carbons (Fsp3) is 0.235. The van der Waals surface area contributed by atoms with E-state index in [1.165, 1.54) is 0 Å².